The second kappa shape index (κ2) is 8.53. The molecular formula is C24H19ClN2O4. The Morgan fingerprint density at radius 2 is 1.65 bits per heavy atom. The average Bonchev–Trinajstić information content (AvgIpc) is 2.80. The van der Waals surface area contributed by atoms with Crippen molar-refractivity contribution in [1.29, 1.82) is 0 Å². The van der Waals surface area contributed by atoms with Crippen LogP contribution in [0.3, 0.4) is 0 Å². The van der Waals surface area contributed by atoms with Crippen molar-refractivity contribution in [3.63, 3.8) is 0 Å². The molecule has 0 saturated heterocycles. The van der Waals surface area contributed by atoms with Gasteiger partial charge in [0.1, 0.15) is 11.5 Å². The Balaban J connectivity index is 1.85. The summed E-state index contributed by atoms with van der Waals surface area (Å²) in [7, 11) is 3.09. The van der Waals surface area contributed by atoms with E-state index in [2.05, 4.69) is 5.32 Å². The maximum absolute atomic E-state index is 13.3. The van der Waals surface area contributed by atoms with Crippen molar-refractivity contribution >= 4 is 34.0 Å². The van der Waals surface area contributed by atoms with Gasteiger partial charge in [0.2, 0.25) is 0 Å². The third-order valence-electron chi connectivity index (χ3n) is 4.93. The first kappa shape index (κ1) is 20.5. The van der Waals surface area contributed by atoms with E-state index in [-0.39, 0.29) is 11.5 Å². The Hall–Kier alpha value is -3.77. The molecule has 0 atom stereocenters. The summed E-state index contributed by atoms with van der Waals surface area (Å²) in [6, 6.07) is 19.0. The fourth-order valence-corrected chi connectivity index (χ4v) is 3.55. The molecule has 156 valence electrons. The maximum atomic E-state index is 13.3. The first-order valence-corrected chi connectivity index (χ1v) is 9.83. The van der Waals surface area contributed by atoms with E-state index >= 15 is 0 Å². The Morgan fingerprint density at radius 1 is 0.935 bits per heavy atom. The van der Waals surface area contributed by atoms with Gasteiger partial charge < -0.3 is 14.8 Å². The maximum Gasteiger partial charge on any atom is 0.262 e. The molecule has 7 heteroatoms. The van der Waals surface area contributed by atoms with E-state index in [0.717, 1.165) is 0 Å². The lowest BCUT2D eigenvalue weighted by atomic mass is 10.1. The number of methoxy groups -OCH3 is 2. The average molecular weight is 435 g/mol. The number of pyridine rings is 1. The highest BCUT2D eigenvalue weighted by Crippen LogP contribution is 2.29. The van der Waals surface area contributed by atoms with Gasteiger partial charge in [-0.2, -0.15) is 0 Å². The van der Waals surface area contributed by atoms with Crippen LogP contribution in [0.25, 0.3) is 16.5 Å². The van der Waals surface area contributed by atoms with E-state index < -0.39 is 0 Å². The molecule has 0 unspecified atom stereocenters. The van der Waals surface area contributed by atoms with E-state index in [1.807, 2.05) is 0 Å². The van der Waals surface area contributed by atoms with Gasteiger partial charge in [0.05, 0.1) is 25.5 Å². The fraction of sp³-hybridized carbons (Fsp3) is 0.0833. The first-order chi connectivity index (χ1) is 15.0. The Bertz CT molecular complexity index is 1330. The lowest BCUT2D eigenvalue weighted by Gasteiger charge is -2.14. The minimum Gasteiger partial charge on any atom is -0.497 e. The third-order valence-corrected chi connectivity index (χ3v) is 5.16. The van der Waals surface area contributed by atoms with Crippen LogP contribution in [0.1, 0.15) is 10.4 Å². The number of hydrogen-bond donors (Lipinski definition) is 1. The van der Waals surface area contributed by atoms with Crippen molar-refractivity contribution in [1.82, 2.24) is 4.57 Å². The number of aromatic nitrogens is 1. The molecule has 0 aliphatic rings. The molecule has 0 radical (unpaired) electrons. The summed E-state index contributed by atoms with van der Waals surface area (Å²) in [5.74, 6) is 0.758. The number of hydrogen-bond acceptors (Lipinski definition) is 4. The SMILES string of the molecule is COc1ccc(-n2cc(C(=O)Nc3cc(Cl)ccc3OC)c3ccccc3c2=O)cc1. The summed E-state index contributed by atoms with van der Waals surface area (Å²) in [5, 5.41) is 4.29. The van der Waals surface area contributed by atoms with Crippen molar-refractivity contribution in [3.05, 3.63) is 93.9 Å². The normalized spacial score (nSPS) is 10.7. The Morgan fingerprint density at radius 3 is 2.32 bits per heavy atom. The second-order valence-corrected chi connectivity index (χ2v) is 7.20. The van der Waals surface area contributed by atoms with Crippen molar-refractivity contribution < 1.29 is 14.3 Å². The van der Waals surface area contributed by atoms with E-state index in [1.165, 1.54) is 11.7 Å². The van der Waals surface area contributed by atoms with Crippen LogP contribution in [0, 0.1) is 0 Å². The van der Waals surface area contributed by atoms with Gasteiger partial charge in [0, 0.05) is 27.7 Å². The number of ether oxygens (including phenoxy) is 2. The summed E-state index contributed by atoms with van der Waals surface area (Å²) >= 11 is 6.09. The van der Waals surface area contributed by atoms with Gasteiger partial charge >= 0.3 is 0 Å². The summed E-state index contributed by atoms with van der Waals surface area (Å²) in [5.41, 5.74) is 1.17. The monoisotopic (exact) mass is 434 g/mol. The summed E-state index contributed by atoms with van der Waals surface area (Å²) in [6.07, 6.45) is 1.54. The molecule has 0 bridgehead atoms. The highest BCUT2D eigenvalue weighted by molar-refractivity contribution is 6.31. The predicted octanol–water partition coefficient (Wildman–Crippen LogP) is 4.91. The number of benzene rings is 3. The molecule has 31 heavy (non-hydrogen) atoms. The van der Waals surface area contributed by atoms with Gasteiger partial charge in [-0.1, -0.05) is 29.8 Å². The number of halogens is 1. The molecule has 3 aromatic carbocycles. The van der Waals surface area contributed by atoms with Gasteiger partial charge in [-0.25, -0.2) is 0 Å². The molecule has 0 aliphatic carbocycles. The van der Waals surface area contributed by atoms with Crippen LogP contribution in [0.5, 0.6) is 11.5 Å². The lowest BCUT2D eigenvalue weighted by Crippen LogP contribution is -2.22. The predicted molar refractivity (Wildman–Crippen MR) is 122 cm³/mol. The molecule has 0 aliphatic heterocycles. The van der Waals surface area contributed by atoms with Gasteiger partial charge in [-0.3, -0.25) is 14.2 Å². The van der Waals surface area contributed by atoms with Gasteiger partial charge in [0.25, 0.3) is 11.5 Å². The summed E-state index contributed by atoms with van der Waals surface area (Å²) < 4.78 is 12.0. The van der Waals surface area contributed by atoms with E-state index in [4.69, 9.17) is 21.1 Å². The van der Waals surface area contributed by atoms with Crippen molar-refractivity contribution in [3.8, 4) is 17.2 Å². The number of anilines is 1. The van der Waals surface area contributed by atoms with Crippen molar-refractivity contribution in [2.75, 3.05) is 19.5 Å². The smallest absolute Gasteiger partial charge is 0.262 e. The molecule has 1 aromatic heterocycles. The zero-order valence-electron chi connectivity index (χ0n) is 16.9. The molecule has 0 saturated carbocycles. The molecule has 0 fully saturated rings. The van der Waals surface area contributed by atoms with E-state index in [1.54, 1.807) is 80.0 Å². The van der Waals surface area contributed by atoms with Crippen molar-refractivity contribution in [2.24, 2.45) is 0 Å². The molecule has 1 amide bonds. The number of fused-ring (bicyclic) bond motifs is 1. The van der Waals surface area contributed by atoms with Crippen molar-refractivity contribution in [2.45, 2.75) is 0 Å². The summed E-state index contributed by atoms with van der Waals surface area (Å²) in [6.45, 7) is 0. The van der Waals surface area contributed by atoms with Crippen LogP contribution in [-0.2, 0) is 0 Å². The van der Waals surface area contributed by atoms with Crippen LogP contribution < -0.4 is 20.3 Å². The number of nitrogens with zero attached hydrogens (tertiary/aromatic N) is 1. The van der Waals surface area contributed by atoms with Crippen LogP contribution in [0.15, 0.2) is 77.7 Å². The van der Waals surface area contributed by atoms with Crippen LogP contribution >= 0.6 is 11.6 Å². The molecule has 1 N–H and O–H groups in total. The molecule has 0 spiro atoms. The minimum atomic E-state index is -0.390. The van der Waals surface area contributed by atoms with Crippen LogP contribution in [0.4, 0.5) is 5.69 Å². The van der Waals surface area contributed by atoms with Crippen LogP contribution in [0.2, 0.25) is 5.02 Å². The number of carbonyl (C=O) groups is 1. The molecule has 6 nitrogen and oxygen atoms in total. The quantitative estimate of drug-likeness (QED) is 0.484. The largest absolute Gasteiger partial charge is 0.497 e. The lowest BCUT2D eigenvalue weighted by molar-refractivity contribution is 0.102. The number of amides is 1. The first-order valence-electron chi connectivity index (χ1n) is 9.45. The van der Waals surface area contributed by atoms with E-state index in [0.29, 0.717) is 44.2 Å². The molecule has 4 aromatic rings. The number of rotatable bonds is 5. The van der Waals surface area contributed by atoms with Gasteiger partial charge in [-0.05, 0) is 48.5 Å². The van der Waals surface area contributed by atoms with Gasteiger partial charge in [0.15, 0.2) is 0 Å². The van der Waals surface area contributed by atoms with Crippen LogP contribution in [-0.4, -0.2) is 24.7 Å². The standard InChI is InChI=1S/C24H19ClN2O4/c1-30-17-10-8-16(9-11-17)27-14-20(18-5-3-4-6-19(18)24(27)29)23(28)26-21-13-15(25)7-12-22(21)31-2/h3-14H,1-2H3,(H,26,28). The third kappa shape index (κ3) is 3.98. The number of nitrogens with one attached hydrogen (secondary N) is 1. The summed E-state index contributed by atoms with van der Waals surface area (Å²) in [4.78, 5) is 26.4. The molecule has 4 rings (SSSR count). The zero-order valence-corrected chi connectivity index (χ0v) is 17.6. The highest BCUT2D eigenvalue weighted by Gasteiger charge is 2.17. The fourth-order valence-electron chi connectivity index (χ4n) is 3.37. The highest BCUT2D eigenvalue weighted by atomic mass is 35.5. The molecular weight excluding hydrogens is 416 g/mol. The molecule has 1 heterocycles. The number of carbonyl (C=O) groups excluding carboxylic acids is 1. The van der Waals surface area contributed by atoms with E-state index in [9.17, 15) is 9.59 Å². The zero-order chi connectivity index (χ0) is 22.0. The Kier molecular flexibility index (Phi) is 5.64. The van der Waals surface area contributed by atoms with Gasteiger partial charge in [-0.15, -0.1) is 0 Å². The second-order valence-electron chi connectivity index (χ2n) is 6.76. The topological polar surface area (TPSA) is 69.6 Å². The Labute approximate surface area is 183 Å². The minimum absolute atomic E-state index is 0.224.